The molecule has 0 amide bonds. The molecule has 0 radical (unpaired) electrons. The van der Waals surface area contributed by atoms with Crippen molar-refractivity contribution >= 4 is 0 Å². The van der Waals surface area contributed by atoms with E-state index in [1.54, 1.807) is 0 Å². The van der Waals surface area contributed by atoms with Gasteiger partial charge in [0.15, 0.2) is 0 Å². The van der Waals surface area contributed by atoms with E-state index in [-0.39, 0.29) is 5.75 Å². The molecule has 1 saturated heterocycles. The quantitative estimate of drug-likeness (QED) is 0.855. The highest BCUT2D eigenvalue weighted by Gasteiger charge is 2.13. The van der Waals surface area contributed by atoms with Crippen LogP contribution < -0.4 is 10.1 Å². The Labute approximate surface area is 93.6 Å². The molecule has 1 heterocycles. The smallest absolute Gasteiger partial charge is 0.129 e. The second kappa shape index (κ2) is 5.25. The van der Waals surface area contributed by atoms with Crippen molar-refractivity contribution in [3.05, 3.63) is 29.8 Å². The fourth-order valence-electron chi connectivity index (χ4n) is 1.87. The predicted octanol–water partition coefficient (Wildman–Crippen LogP) is 2.34. The van der Waals surface area contributed by atoms with E-state index in [1.165, 1.54) is 12.1 Å². The molecule has 1 aromatic rings. The number of piperidine rings is 1. The molecule has 1 aliphatic heterocycles. The van der Waals surface area contributed by atoms with Crippen LogP contribution >= 0.6 is 0 Å². The third kappa shape index (κ3) is 3.17. The molecule has 0 saturated carbocycles. The van der Waals surface area contributed by atoms with Gasteiger partial charge in [-0.2, -0.15) is 0 Å². The number of hydrogen-bond donors (Lipinski definition) is 1. The van der Waals surface area contributed by atoms with Crippen LogP contribution in [0.5, 0.6) is 5.75 Å². The van der Waals surface area contributed by atoms with Crippen molar-refractivity contribution in [2.24, 2.45) is 5.92 Å². The van der Waals surface area contributed by atoms with Gasteiger partial charge in [0.25, 0.3) is 0 Å². The molecule has 1 aliphatic rings. The van der Waals surface area contributed by atoms with Gasteiger partial charge in [-0.1, -0.05) is 0 Å². The normalized spacial score (nSPS) is 17.4. The summed E-state index contributed by atoms with van der Waals surface area (Å²) in [6, 6.07) is 3.27. The molecule has 1 fully saturated rings. The molecule has 4 heteroatoms. The average molecular weight is 227 g/mol. The van der Waals surface area contributed by atoms with E-state index in [1.807, 2.05) is 0 Å². The van der Waals surface area contributed by atoms with Crippen molar-refractivity contribution < 1.29 is 13.5 Å². The summed E-state index contributed by atoms with van der Waals surface area (Å²) in [5.41, 5.74) is 0. The van der Waals surface area contributed by atoms with E-state index in [4.69, 9.17) is 4.74 Å². The lowest BCUT2D eigenvalue weighted by Crippen LogP contribution is -2.30. The summed E-state index contributed by atoms with van der Waals surface area (Å²) >= 11 is 0. The molecule has 1 aromatic carbocycles. The summed E-state index contributed by atoms with van der Waals surface area (Å²) in [6.07, 6.45) is 2.11. The summed E-state index contributed by atoms with van der Waals surface area (Å²) in [5, 5.41) is 3.26. The molecule has 0 aromatic heterocycles. The van der Waals surface area contributed by atoms with Gasteiger partial charge < -0.3 is 10.1 Å². The fraction of sp³-hybridized carbons (Fsp3) is 0.500. The molecular formula is C12H15F2NO. The van der Waals surface area contributed by atoms with E-state index in [0.29, 0.717) is 12.5 Å². The molecule has 0 aliphatic carbocycles. The minimum Gasteiger partial charge on any atom is -0.493 e. The van der Waals surface area contributed by atoms with Crippen LogP contribution in [0.1, 0.15) is 12.8 Å². The standard InChI is InChI=1S/C12H15F2NO/c13-10-5-11(14)7-12(6-10)16-8-9-1-3-15-4-2-9/h5-7,9,15H,1-4,8H2. The molecule has 1 N–H and O–H groups in total. The van der Waals surface area contributed by atoms with Crippen molar-refractivity contribution in [2.45, 2.75) is 12.8 Å². The third-order valence-corrected chi connectivity index (χ3v) is 2.78. The molecule has 2 rings (SSSR count). The summed E-state index contributed by atoms with van der Waals surface area (Å²) in [5.74, 6) is -0.441. The van der Waals surface area contributed by atoms with Gasteiger partial charge in [-0.3, -0.25) is 0 Å². The van der Waals surface area contributed by atoms with Crippen molar-refractivity contribution in [2.75, 3.05) is 19.7 Å². The van der Waals surface area contributed by atoms with Crippen LogP contribution in [-0.4, -0.2) is 19.7 Å². The molecule has 2 nitrogen and oxygen atoms in total. The van der Waals surface area contributed by atoms with Gasteiger partial charge in [0.1, 0.15) is 17.4 Å². The van der Waals surface area contributed by atoms with Crippen LogP contribution in [0.25, 0.3) is 0 Å². The van der Waals surface area contributed by atoms with Crippen LogP contribution in [0.2, 0.25) is 0 Å². The molecule has 0 bridgehead atoms. The van der Waals surface area contributed by atoms with Gasteiger partial charge in [-0.25, -0.2) is 8.78 Å². The molecule has 88 valence electrons. The zero-order valence-electron chi connectivity index (χ0n) is 9.01. The van der Waals surface area contributed by atoms with Gasteiger partial charge in [0, 0.05) is 18.2 Å². The number of halogens is 2. The Morgan fingerprint density at radius 3 is 2.38 bits per heavy atom. The highest BCUT2D eigenvalue weighted by molar-refractivity contribution is 5.23. The highest BCUT2D eigenvalue weighted by Crippen LogP contribution is 2.18. The van der Waals surface area contributed by atoms with Crippen LogP contribution in [0, 0.1) is 17.6 Å². The Bertz CT molecular complexity index is 331. The van der Waals surface area contributed by atoms with Gasteiger partial charge in [0.05, 0.1) is 6.61 Å². The zero-order chi connectivity index (χ0) is 11.4. The monoisotopic (exact) mass is 227 g/mol. The number of benzene rings is 1. The lowest BCUT2D eigenvalue weighted by molar-refractivity contribution is 0.214. The summed E-state index contributed by atoms with van der Waals surface area (Å²) in [7, 11) is 0. The number of rotatable bonds is 3. The SMILES string of the molecule is Fc1cc(F)cc(OCC2CCNCC2)c1. The van der Waals surface area contributed by atoms with E-state index in [2.05, 4.69) is 5.32 Å². The van der Waals surface area contributed by atoms with Crippen LogP contribution in [0.3, 0.4) is 0 Å². The first kappa shape index (κ1) is 11.3. The van der Waals surface area contributed by atoms with E-state index in [0.717, 1.165) is 32.0 Å². The van der Waals surface area contributed by atoms with Gasteiger partial charge in [0.2, 0.25) is 0 Å². The Morgan fingerprint density at radius 1 is 1.12 bits per heavy atom. The van der Waals surface area contributed by atoms with E-state index < -0.39 is 11.6 Å². The maximum atomic E-state index is 12.9. The Balaban J connectivity index is 1.88. The third-order valence-electron chi connectivity index (χ3n) is 2.78. The molecular weight excluding hydrogens is 212 g/mol. The van der Waals surface area contributed by atoms with Gasteiger partial charge in [-0.15, -0.1) is 0 Å². The summed E-state index contributed by atoms with van der Waals surface area (Å²) in [4.78, 5) is 0. The molecule has 0 spiro atoms. The first-order valence-corrected chi connectivity index (χ1v) is 5.53. The average Bonchev–Trinajstić information content (AvgIpc) is 2.27. The van der Waals surface area contributed by atoms with Crippen molar-refractivity contribution in [3.63, 3.8) is 0 Å². The Kier molecular flexibility index (Phi) is 3.72. The second-order valence-corrected chi connectivity index (χ2v) is 4.11. The lowest BCUT2D eigenvalue weighted by Gasteiger charge is -2.22. The Hall–Kier alpha value is -1.16. The van der Waals surface area contributed by atoms with Gasteiger partial charge >= 0.3 is 0 Å². The number of nitrogens with one attached hydrogen (secondary N) is 1. The highest BCUT2D eigenvalue weighted by atomic mass is 19.1. The van der Waals surface area contributed by atoms with Gasteiger partial charge in [-0.05, 0) is 31.8 Å². The van der Waals surface area contributed by atoms with Crippen LogP contribution in [0.4, 0.5) is 8.78 Å². The Morgan fingerprint density at radius 2 is 1.75 bits per heavy atom. The topological polar surface area (TPSA) is 21.3 Å². The van der Waals surface area contributed by atoms with Crippen LogP contribution in [0.15, 0.2) is 18.2 Å². The van der Waals surface area contributed by atoms with E-state index >= 15 is 0 Å². The summed E-state index contributed by atoms with van der Waals surface area (Å²) < 4.78 is 31.1. The fourth-order valence-corrected chi connectivity index (χ4v) is 1.87. The molecule has 16 heavy (non-hydrogen) atoms. The summed E-state index contributed by atoms with van der Waals surface area (Å²) in [6.45, 7) is 2.52. The number of hydrogen-bond acceptors (Lipinski definition) is 2. The molecule has 0 unspecified atom stereocenters. The van der Waals surface area contributed by atoms with Crippen molar-refractivity contribution in [3.8, 4) is 5.75 Å². The first-order chi connectivity index (χ1) is 7.74. The first-order valence-electron chi connectivity index (χ1n) is 5.53. The predicted molar refractivity (Wildman–Crippen MR) is 57.4 cm³/mol. The minimum absolute atomic E-state index is 0.274. The lowest BCUT2D eigenvalue weighted by atomic mass is 9.99. The van der Waals surface area contributed by atoms with Crippen LogP contribution in [-0.2, 0) is 0 Å². The minimum atomic E-state index is -0.597. The second-order valence-electron chi connectivity index (χ2n) is 4.11. The number of ether oxygens (including phenoxy) is 1. The maximum absolute atomic E-state index is 12.9. The zero-order valence-corrected chi connectivity index (χ0v) is 9.01. The maximum Gasteiger partial charge on any atom is 0.129 e. The van der Waals surface area contributed by atoms with Crippen molar-refractivity contribution in [1.29, 1.82) is 0 Å². The largest absolute Gasteiger partial charge is 0.493 e. The van der Waals surface area contributed by atoms with Crippen molar-refractivity contribution in [1.82, 2.24) is 5.32 Å². The molecule has 0 atom stereocenters. The van der Waals surface area contributed by atoms with E-state index in [9.17, 15) is 8.78 Å².